The third kappa shape index (κ3) is 3.91. The Morgan fingerprint density at radius 1 is 0.889 bits per heavy atom. The minimum absolute atomic E-state index is 0.173. The minimum Gasteiger partial charge on any atom is -0.322 e. The Hall–Kier alpha value is -3.37. The van der Waals surface area contributed by atoms with Crippen LogP contribution in [0.1, 0.15) is 10.4 Å². The van der Waals surface area contributed by atoms with Gasteiger partial charge in [0.1, 0.15) is 0 Å². The average Bonchev–Trinajstić information content (AvgIpc) is 3.20. The van der Waals surface area contributed by atoms with Gasteiger partial charge in [0.05, 0.1) is 12.0 Å². The zero-order chi connectivity index (χ0) is 18.6. The highest BCUT2D eigenvalue weighted by Crippen LogP contribution is 2.21. The van der Waals surface area contributed by atoms with Gasteiger partial charge in [-0.2, -0.15) is 0 Å². The molecule has 0 unspecified atom stereocenters. The molecule has 0 atom stereocenters. The Kier molecular flexibility index (Phi) is 4.73. The van der Waals surface area contributed by atoms with E-state index in [1.807, 2.05) is 65.4 Å². The highest BCUT2D eigenvalue weighted by molar-refractivity contribution is 6.30. The van der Waals surface area contributed by atoms with E-state index in [9.17, 15) is 4.79 Å². The first-order chi connectivity index (χ1) is 13.2. The first-order valence-corrected chi connectivity index (χ1v) is 8.83. The van der Waals surface area contributed by atoms with E-state index in [0.717, 1.165) is 22.6 Å². The fourth-order valence-corrected chi connectivity index (χ4v) is 2.87. The SMILES string of the molecule is O=C(Nc1ccc(-c2cn(-c3ccccc3)cn2)cc1)c1ccc(Cl)cc1. The number of halogens is 1. The molecule has 4 nitrogen and oxygen atoms in total. The summed E-state index contributed by atoms with van der Waals surface area (Å²) in [6.07, 6.45) is 3.78. The van der Waals surface area contributed by atoms with Crippen LogP contribution in [0.5, 0.6) is 0 Å². The molecule has 1 N–H and O–H groups in total. The molecule has 0 radical (unpaired) electrons. The van der Waals surface area contributed by atoms with E-state index in [1.54, 1.807) is 30.6 Å². The van der Waals surface area contributed by atoms with Crippen molar-refractivity contribution in [1.29, 1.82) is 0 Å². The van der Waals surface area contributed by atoms with Gasteiger partial charge in [-0.05, 0) is 48.5 Å². The van der Waals surface area contributed by atoms with Crippen molar-refractivity contribution in [2.24, 2.45) is 0 Å². The number of imidazole rings is 1. The van der Waals surface area contributed by atoms with Crippen LogP contribution in [0.2, 0.25) is 5.02 Å². The fourth-order valence-electron chi connectivity index (χ4n) is 2.74. The Morgan fingerprint density at radius 2 is 1.59 bits per heavy atom. The highest BCUT2D eigenvalue weighted by atomic mass is 35.5. The molecule has 1 heterocycles. The van der Waals surface area contributed by atoms with Gasteiger partial charge in [0.15, 0.2) is 0 Å². The Balaban J connectivity index is 1.48. The number of aromatic nitrogens is 2. The number of carbonyl (C=O) groups excluding carboxylic acids is 1. The van der Waals surface area contributed by atoms with Crippen LogP contribution < -0.4 is 5.32 Å². The topological polar surface area (TPSA) is 46.9 Å². The molecule has 0 bridgehead atoms. The number of nitrogens with zero attached hydrogens (tertiary/aromatic N) is 2. The van der Waals surface area contributed by atoms with Crippen LogP contribution in [-0.4, -0.2) is 15.5 Å². The van der Waals surface area contributed by atoms with Crippen LogP contribution in [0.4, 0.5) is 5.69 Å². The van der Waals surface area contributed by atoms with Gasteiger partial charge in [-0.3, -0.25) is 4.79 Å². The maximum atomic E-state index is 12.3. The van der Waals surface area contributed by atoms with E-state index in [2.05, 4.69) is 10.3 Å². The average molecular weight is 374 g/mol. The molecule has 0 spiro atoms. The van der Waals surface area contributed by atoms with E-state index in [0.29, 0.717) is 10.6 Å². The maximum Gasteiger partial charge on any atom is 0.255 e. The number of benzene rings is 3. The summed E-state index contributed by atoms with van der Waals surface area (Å²) < 4.78 is 1.98. The third-order valence-electron chi connectivity index (χ3n) is 4.18. The number of anilines is 1. The first-order valence-electron chi connectivity index (χ1n) is 8.46. The zero-order valence-corrected chi connectivity index (χ0v) is 15.1. The second-order valence-electron chi connectivity index (χ2n) is 6.04. The van der Waals surface area contributed by atoms with Crippen molar-refractivity contribution < 1.29 is 4.79 Å². The number of carbonyl (C=O) groups is 1. The summed E-state index contributed by atoms with van der Waals surface area (Å²) >= 11 is 5.85. The van der Waals surface area contributed by atoms with Gasteiger partial charge in [-0.15, -0.1) is 0 Å². The smallest absolute Gasteiger partial charge is 0.255 e. The van der Waals surface area contributed by atoms with E-state index < -0.39 is 0 Å². The van der Waals surface area contributed by atoms with Gasteiger partial charge < -0.3 is 9.88 Å². The molecular weight excluding hydrogens is 358 g/mol. The Morgan fingerprint density at radius 3 is 2.30 bits per heavy atom. The van der Waals surface area contributed by atoms with Crippen molar-refractivity contribution in [3.63, 3.8) is 0 Å². The molecular formula is C22H16ClN3O. The van der Waals surface area contributed by atoms with Crippen molar-refractivity contribution in [1.82, 2.24) is 9.55 Å². The number of rotatable bonds is 4. The number of para-hydroxylation sites is 1. The van der Waals surface area contributed by atoms with Gasteiger partial charge in [0.2, 0.25) is 0 Å². The second kappa shape index (κ2) is 7.48. The first kappa shape index (κ1) is 17.1. The van der Waals surface area contributed by atoms with Crippen molar-refractivity contribution in [3.05, 3.63) is 102 Å². The molecule has 5 heteroatoms. The van der Waals surface area contributed by atoms with Gasteiger partial charge in [0, 0.05) is 33.7 Å². The summed E-state index contributed by atoms with van der Waals surface area (Å²) in [5.74, 6) is -0.173. The largest absolute Gasteiger partial charge is 0.322 e. The maximum absolute atomic E-state index is 12.3. The van der Waals surface area contributed by atoms with Gasteiger partial charge in [-0.1, -0.05) is 41.9 Å². The molecule has 0 fully saturated rings. The quantitative estimate of drug-likeness (QED) is 0.517. The molecule has 0 aliphatic heterocycles. The predicted molar refractivity (Wildman–Crippen MR) is 108 cm³/mol. The summed E-state index contributed by atoms with van der Waals surface area (Å²) in [6.45, 7) is 0. The molecule has 4 rings (SSSR count). The van der Waals surface area contributed by atoms with Crippen LogP contribution >= 0.6 is 11.6 Å². The normalized spacial score (nSPS) is 10.6. The van der Waals surface area contributed by atoms with Crippen molar-refractivity contribution in [2.75, 3.05) is 5.32 Å². The number of nitrogens with one attached hydrogen (secondary N) is 1. The highest BCUT2D eigenvalue weighted by Gasteiger charge is 2.07. The second-order valence-corrected chi connectivity index (χ2v) is 6.48. The molecule has 0 aliphatic carbocycles. The number of amides is 1. The number of hydrogen-bond donors (Lipinski definition) is 1. The molecule has 1 aromatic heterocycles. The van der Waals surface area contributed by atoms with Crippen LogP contribution in [0, 0.1) is 0 Å². The lowest BCUT2D eigenvalue weighted by Gasteiger charge is -2.06. The lowest BCUT2D eigenvalue weighted by Crippen LogP contribution is -2.11. The van der Waals surface area contributed by atoms with Gasteiger partial charge in [0.25, 0.3) is 5.91 Å². The van der Waals surface area contributed by atoms with Crippen molar-refractivity contribution >= 4 is 23.2 Å². The van der Waals surface area contributed by atoms with Crippen molar-refractivity contribution in [2.45, 2.75) is 0 Å². The standard InChI is InChI=1S/C22H16ClN3O/c23-18-10-6-17(7-11-18)22(27)25-19-12-8-16(9-13-19)21-14-26(15-24-21)20-4-2-1-3-5-20/h1-15H,(H,25,27). The minimum atomic E-state index is -0.173. The lowest BCUT2D eigenvalue weighted by atomic mass is 10.1. The molecule has 27 heavy (non-hydrogen) atoms. The Bertz CT molecular complexity index is 1050. The molecule has 3 aromatic carbocycles. The summed E-state index contributed by atoms with van der Waals surface area (Å²) in [6, 6.07) is 24.4. The van der Waals surface area contributed by atoms with Gasteiger partial charge in [-0.25, -0.2) is 4.98 Å². The molecule has 132 valence electrons. The molecule has 0 saturated carbocycles. The fraction of sp³-hybridized carbons (Fsp3) is 0. The van der Waals surface area contributed by atoms with E-state index >= 15 is 0 Å². The summed E-state index contributed by atoms with van der Waals surface area (Å²) in [4.78, 5) is 16.7. The third-order valence-corrected chi connectivity index (χ3v) is 4.43. The zero-order valence-electron chi connectivity index (χ0n) is 14.3. The van der Waals surface area contributed by atoms with E-state index in [1.165, 1.54) is 0 Å². The summed E-state index contributed by atoms with van der Waals surface area (Å²) in [7, 11) is 0. The summed E-state index contributed by atoms with van der Waals surface area (Å²) in [5, 5.41) is 3.48. The monoisotopic (exact) mass is 373 g/mol. The molecule has 0 saturated heterocycles. The Labute approximate surface area is 162 Å². The lowest BCUT2D eigenvalue weighted by molar-refractivity contribution is 0.102. The number of hydrogen-bond acceptors (Lipinski definition) is 2. The summed E-state index contributed by atoms with van der Waals surface area (Å²) in [5.41, 5.74) is 4.19. The molecule has 0 aliphatic rings. The van der Waals surface area contributed by atoms with E-state index in [-0.39, 0.29) is 5.91 Å². The predicted octanol–water partition coefficient (Wildman–Crippen LogP) is 5.45. The van der Waals surface area contributed by atoms with Gasteiger partial charge >= 0.3 is 0 Å². The van der Waals surface area contributed by atoms with Crippen LogP contribution in [-0.2, 0) is 0 Å². The molecule has 1 amide bonds. The van der Waals surface area contributed by atoms with Crippen LogP contribution in [0.15, 0.2) is 91.4 Å². The van der Waals surface area contributed by atoms with Crippen LogP contribution in [0.3, 0.4) is 0 Å². The van der Waals surface area contributed by atoms with Crippen LogP contribution in [0.25, 0.3) is 16.9 Å². The molecule has 4 aromatic rings. The van der Waals surface area contributed by atoms with E-state index in [4.69, 9.17) is 11.6 Å². The van der Waals surface area contributed by atoms with Crippen molar-refractivity contribution in [3.8, 4) is 16.9 Å².